The lowest BCUT2D eigenvalue weighted by atomic mass is 10.3. The number of nitrogens with zero attached hydrogens (tertiary/aromatic N) is 3. The highest BCUT2D eigenvalue weighted by Gasteiger charge is 2.02. The summed E-state index contributed by atoms with van der Waals surface area (Å²) in [7, 11) is 0. The number of fused-ring (bicyclic) bond motifs is 1. The Kier molecular flexibility index (Phi) is 2.53. The molecule has 2 heterocycles. The number of para-hydroxylation sites is 1. The molecule has 0 aliphatic rings. The molecule has 0 atom stereocenters. The van der Waals surface area contributed by atoms with E-state index < -0.39 is 0 Å². The molecule has 17 heavy (non-hydrogen) atoms. The van der Waals surface area contributed by atoms with Crippen LogP contribution in [0.4, 0.5) is 11.4 Å². The van der Waals surface area contributed by atoms with Crippen molar-refractivity contribution in [2.24, 2.45) is 0 Å². The lowest BCUT2D eigenvalue weighted by Gasteiger charge is -2.06. The number of aromatic nitrogens is 3. The molecule has 3 aromatic rings. The van der Waals surface area contributed by atoms with Gasteiger partial charge in [0.05, 0.1) is 18.1 Å². The van der Waals surface area contributed by atoms with E-state index in [1.807, 2.05) is 40.9 Å². The molecule has 0 bridgehead atoms. The number of halogens is 1. The fourth-order valence-corrected chi connectivity index (χ4v) is 1.96. The molecule has 5 heteroatoms. The van der Waals surface area contributed by atoms with Crippen LogP contribution in [0.15, 0.2) is 53.5 Å². The molecule has 1 N–H and O–H groups in total. The topological polar surface area (TPSA) is 42.2 Å². The van der Waals surface area contributed by atoms with E-state index in [-0.39, 0.29) is 0 Å². The summed E-state index contributed by atoms with van der Waals surface area (Å²) in [5.74, 6) is 0.676. The van der Waals surface area contributed by atoms with Crippen LogP contribution in [0.3, 0.4) is 0 Å². The number of benzene rings is 1. The molecule has 0 spiro atoms. The number of rotatable bonds is 2. The minimum Gasteiger partial charge on any atom is -0.353 e. The van der Waals surface area contributed by atoms with Gasteiger partial charge in [0.15, 0.2) is 0 Å². The third kappa shape index (κ3) is 2.01. The Morgan fingerprint density at radius 3 is 2.59 bits per heavy atom. The summed E-state index contributed by atoms with van der Waals surface area (Å²) in [5, 5.41) is 3.28. The van der Waals surface area contributed by atoms with Gasteiger partial charge in [0.25, 0.3) is 0 Å². The predicted octanol–water partition coefficient (Wildman–Crippen LogP) is 3.24. The van der Waals surface area contributed by atoms with Crippen LogP contribution < -0.4 is 5.32 Å². The zero-order valence-electron chi connectivity index (χ0n) is 8.84. The standard InChI is InChI=1S/C12H9BrN4/c13-11-7-15-12-14-6-10(8-17(11)12)16-9-4-2-1-3-5-9/h1-8,16H. The molecule has 3 rings (SSSR count). The molecule has 0 aliphatic carbocycles. The second-order valence-electron chi connectivity index (χ2n) is 3.58. The summed E-state index contributed by atoms with van der Waals surface area (Å²) in [4.78, 5) is 8.40. The van der Waals surface area contributed by atoms with Gasteiger partial charge < -0.3 is 5.32 Å². The molecule has 84 valence electrons. The van der Waals surface area contributed by atoms with Crippen LogP contribution in [0.25, 0.3) is 5.78 Å². The molecule has 4 nitrogen and oxygen atoms in total. The molecule has 0 unspecified atom stereocenters. The lowest BCUT2D eigenvalue weighted by Crippen LogP contribution is -1.95. The van der Waals surface area contributed by atoms with E-state index in [4.69, 9.17) is 0 Å². The number of imidazole rings is 1. The van der Waals surface area contributed by atoms with Crippen LogP contribution in [0.5, 0.6) is 0 Å². The van der Waals surface area contributed by atoms with Crippen molar-refractivity contribution in [2.75, 3.05) is 5.32 Å². The molecule has 2 aromatic heterocycles. The Hall–Kier alpha value is -1.88. The van der Waals surface area contributed by atoms with Crippen LogP contribution in [0.1, 0.15) is 0 Å². The number of anilines is 2. The summed E-state index contributed by atoms with van der Waals surface area (Å²) in [6, 6.07) is 9.97. The van der Waals surface area contributed by atoms with Crippen LogP contribution >= 0.6 is 15.9 Å². The number of hydrogen-bond acceptors (Lipinski definition) is 3. The molecule has 0 aliphatic heterocycles. The monoisotopic (exact) mass is 288 g/mol. The Balaban J connectivity index is 1.98. The maximum absolute atomic E-state index is 4.26. The SMILES string of the molecule is Brc1cnc2ncc(Nc3ccccc3)cn12. The molecular formula is C12H9BrN4. The first kappa shape index (κ1) is 10.3. The van der Waals surface area contributed by atoms with Crippen LogP contribution in [-0.4, -0.2) is 14.4 Å². The Morgan fingerprint density at radius 2 is 1.76 bits per heavy atom. The maximum Gasteiger partial charge on any atom is 0.234 e. The van der Waals surface area contributed by atoms with Gasteiger partial charge in [0.2, 0.25) is 5.78 Å². The van der Waals surface area contributed by atoms with Crippen LogP contribution in [0.2, 0.25) is 0 Å². The van der Waals surface area contributed by atoms with Gasteiger partial charge in [-0.25, -0.2) is 9.97 Å². The highest BCUT2D eigenvalue weighted by Crippen LogP contribution is 2.18. The zero-order chi connectivity index (χ0) is 11.7. The van der Waals surface area contributed by atoms with Crippen LogP contribution in [0, 0.1) is 0 Å². The first-order valence-electron chi connectivity index (χ1n) is 5.13. The van der Waals surface area contributed by atoms with E-state index >= 15 is 0 Å². The van der Waals surface area contributed by atoms with Crippen molar-refractivity contribution in [3.63, 3.8) is 0 Å². The van der Waals surface area contributed by atoms with Gasteiger partial charge >= 0.3 is 0 Å². The Morgan fingerprint density at radius 1 is 1.00 bits per heavy atom. The average Bonchev–Trinajstić information content (AvgIpc) is 2.73. The average molecular weight is 289 g/mol. The van der Waals surface area contributed by atoms with Crippen LogP contribution in [-0.2, 0) is 0 Å². The van der Waals surface area contributed by atoms with Gasteiger partial charge in [-0.15, -0.1) is 0 Å². The second kappa shape index (κ2) is 4.18. The van der Waals surface area contributed by atoms with Crippen molar-refractivity contribution < 1.29 is 0 Å². The number of nitrogens with one attached hydrogen (secondary N) is 1. The van der Waals surface area contributed by atoms with E-state index in [9.17, 15) is 0 Å². The van der Waals surface area contributed by atoms with Gasteiger partial charge in [0.1, 0.15) is 4.60 Å². The Labute approximate surface area is 106 Å². The van der Waals surface area contributed by atoms with Gasteiger partial charge in [-0.1, -0.05) is 18.2 Å². The van der Waals surface area contributed by atoms with E-state index in [1.165, 1.54) is 0 Å². The van der Waals surface area contributed by atoms with Crippen molar-refractivity contribution in [2.45, 2.75) is 0 Å². The first-order valence-corrected chi connectivity index (χ1v) is 5.93. The van der Waals surface area contributed by atoms with E-state index in [0.717, 1.165) is 16.0 Å². The van der Waals surface area contributed by atoms with E-state index in [1.54, 1.807) is 12.4 Å². The fraction of sp³-hybridized carbons (Fsp3) is 0. The van der Waals surface area contributed by atoms with Gasteiger partial charge in [-0.05, 0) is 28.1 Å². The third-order valence-electron chi connectivity index (χ3n) is 2.38. The van der Waals surface area contributed by atoms with E-state index in [2.05, 4.69) is 31.2 Å². The minimum absolute atomic E-state index is 0.676. The highest BCUT2D eigenvalue weighted by molar-refractivity contribution is 9.10. The van der Waals surface area contributed by atoms with Gasteiger partial charge in [-0.2, -0.15) is 0 Å². The molecule has 0 amide bonds. The quantitative estimate of drug-likeness (QED) is 0.787. The zero-order valence-corrected chi connectivity index (χ0v) is 10.4. The largest absolute Gasteiger partial charge is 0.353 e. The maximum atomic E-state index is 4.26. The smallest absolute Gasteiger partial charge is 0.234 e. The predicted molar refractivity (Wildman–Crippen MR) is 70.4 cm³/mol. The summed E-state index contributed by atoms with van der Waals surface area (Å²) in [6.45, 7) is 0. The van der Waals surface area contributed by atoms with Gasteiger partial charge in [0, 0.05) is 11.9 Å². The lowest BCUT2D eigenvalue weighted by molar-refractivity contribution is 1.09. The van der Waals surface area contributed by atoms with Crippen molar-refractivity contribution in [1.29, 1.82) is 0 Å². The molecule has 1 aromatic carbocycles. The second-order valence-corrected chi connectivity index (χ2v) is 4.40. The van der Waals surface area contributed by atoms with Crippen molar-refractivity contribution in [1.82, 2.24) is 14.4 Å². The first-order chi connectivity index (χ1) is 8.33. The van der Waals surface area contributed by atoms with E-state index in [0.29, 0.717) is 5.78 Å². The summed E-state index contributed by atoms with van der Waals surface area (Å²) < 4.78 is 2.77. The highest BCUT2D eigenvalue weighted by atomic mass is 79.9. The fourth-order valence-electron chi connectivity index (χ4n) is 1.60. The summed E-state index contributed by atoms with van der Waals surface area (Å²) in [5.41, 5.74) is 1.95. The molecule has 0 fully saturated rings. The summed E-state index contributed by atoms with van der Waals surface area (Å²) >= 11 is 3.42. The summed E-state index contributed by atoms with van der Waals surface area (Å²) in [6.07, 6.45) is 5.45. The third-order valence-corrected chi connectivity index (χ3v) is 2.97. The van der Waals surface area contributed by atoms with Gasteiger partial charge in [-0.3, -0.25) is 4.40 Å². The Bertz CT molecular complexity index is 648. The normalized spacial score (nSPS) is 10.6. The van der Waals surface area contributed by atoms with Crippen molar-refractivity contribution >= 4 is 33.1 Å². The molecule has 0 radical (unpaired) electrons. The van der Waals surface area contributed by atoms with Crippen molar-refractivity contribution in [3.8, 4) is 0 Å². The number of hydrogen-bond donors (Lipinski definition) is 1. The minimum atomic E-state index is 0.676. The molecule has 0 saturated carbocycles. The molecular weight excluding hydrogens is 280 g/mol. The van der Waals surface area contributed by atoms with Crippen molar-refractivity contribution in [3.05, 3.63) is 53.5 Å². The molecule has 0 saturated heterocycles.